The lowest BCUT2D eigenvalue weighted by Crippen LogP contribution is -2.41. The molecule has 0 atom stereocenters. The molecule has 3 rings (SSSR count). The number of rotatable bonds is 10. The van der Waals surface area contributed by atoms with Crippen molar-refractivity contribution < 1.29 is 0 Å². The molecule has 0 heterocycles. The molecule has 0 saturated heterocycles. The molecule has 0 unspecified atom stereocenters. The average Bonchev–Trinajstić information content (AvgIpc) is 2.80. The molecule has 0 amide bonds. The molecule has 3 aromatic carbocycles. The highest BCUT2D eigenvalue weighted by Gasteiger charge is 2.23. The van der Waals surface area contributed by atoms with Crippen LogP contribution in [0, 0.1) is 0 Å². The number of hydrogen-bond donors (Lipinski definition) is 0. The van der Waals surface area contributed by atoms with Gasteiger partial charge in [-0.1, -0.05) is 124 Å². The van der Waals surface area contributed by atoms with E-state index in [4.69, 9.17) is 10.2 Å². The Morgan fingerprint density at radius 1 is 0.529 bits per heavy atom. The molecule has 0 spiro atoms. The van der Waals surface area contributed by atoms with Crippen LogP contribution >= 0.6 is 0 Å². The molecule has 6 heteroatoms. The molecule has 0 aliphatic heterocycles. The summed E-state index contributed by atoms with van der Waals surface area (Å²) in [6, 6.07) is 29.6. The molecule has 0 radical (unpaired) electrons. The van der Waals surface area contributed by atoms with Crippen LogP contribution in [0.3, 0.4) is 0 Å². The summed E-state index contributed by atoms with van der Waals surface area (Å²) in [5, 5.41) is 9.75. The van der Waals surface area contributed by atoms with E-state index in [1.54, 1.807) is 0 Å². The summed E-state index contributed by atoms with van der Waals surface area (Å²) in [5.41, 5.74) is 4.77. The second kappa shape index (κ2) is 11.4. The van der Waals surface area contributed by atoms with Gasteiger partial charge < -0.3 is 9.35 Å². The maximum absolute atomic E-state index is 4.88. The molecule has 0 saturated carbocycles. The Bertz CT molecular complexity index is 979. The summed E-state index contributed by atoms with van der Waals surface area (Å²) < 4.78 is 4.54. The minimum Gasteiger partial charge on any atom is -0.320 e. The minimum absolute atomic E-state index is 0.839. The first-order valence-corrected chi connectivity index (χ1v) is 18.8. The van der Waals surface area contributed by atoms with Gasteiger partial charge in [-0.3, -0.25) is 0 Å². The first-order chi connectivity index (χ1) is 16.1. The van der Waals surface area contributed by atoms with Gasteiger partial charge in [-0.2, -0.15) is 10.2 Å². The average molecular weight is 487 g/mol. The molecule has 0 aliphatic rings. The topological polar surface area (TPSA) is 31.2 Å². The van der Waals surface area contributed by atoms with Crippen LogP contribution in [0.25, 0.3) is 0 Å². The van der Waals surface area contributed by atoms with Crippen molar-refractivity contribution in [3.63, 3.8) is 0 Å². The Morgan fingerprint density at radius 3 is 1.15 bits per heavy atom. The number of benzene rings is 3. The first kappa shape index (κ1) is 25.7. The van der Waals surface area contributed by atoms with Gasteiger partial charge in [-0.25, -0.2) is 0 Å². The Kier molecular flexibility index (Phi) is 8.63. The maximum Gasteiger partial charge on any atom is 0.169 e. The van der Waals surface area contributed by atoms with Crippen LogP contribution in [0.1, 0.15) is 22.3 Å². The molecule has 0 bridgehead atoms. The zero-order chi connectivity index (χ0) is 24.6. The molecule has 4 nitrogen and oxygen atoms in total. The van der Waals surface area contributed by atoms with Crippen molar-refractivity contribution >= 4 is 28.9 Å². The monoisotopic (exact) mass is 486 g/mol. The van der Waals surface area contributed by atoms with Gasteiger partial charge in [0.05, 0.1) is 25.5 Å². The summed E-state index contributed by atoms with van der Waals surface area (Å²) in [4.78, 5) is 0. The fraction of sp³-hybridized carbons (Fsp3) is 0.286. The molecule has 0 fully saturated rings. The summed E-state index contributed by atoms with van der Waals surface area (Å²) in [6.07, 6.45) is 3.96. The molecule has 178 valence electrons. The third-order valence-electron chi connectivity index (χ3n) is 5.53. The quantitative estimate of drug-likeness (QED) is 0.175. The molecule has 34 heavy (non-hydrogen) atoms. The van der Waals surface area contributed by atoms with Gasteiger partial charge in [0, 0.05) is 0 Å². The van der Waals surface area contributed by atoms with E-state index < -0.39 is 16.5 Å². The van der Waals surface area contributed by atoms with Gasteiger partial charge in [0.1, 0.15) is 0 Å². The SMILES string of the molecule is C[Si](C)(C)N(Cc1ccccc1)N=Cc1ccc(C=NN(Cc2ccccc2)[Si](C)(C)C)cc1. The Hall–Kier alpha value is -2.97. The predicted molar refractivity (Wildman–Crippen MR) is 152 cm³/mol. The summed E-state index contributed by atoms with van der Waals surface area (Å²) in [7, 11) is -3.19. The zero-order valence-corrected chi connectivity index (χ0v) is 23.4. The van der Waals surface area contributed by atoms with Gasteiger partial charge in [-0.15, -0.1) is 0 Å². The van der Waals surface area contributed by atoms with Crippen LogP contribution in [0.2, 0.25) is 39.3 Å². The van der Waals surface area contributed by atoms with Crippen molar-refractivity contribution in [2.24, 2.45) is 10.2 Å². The molecule has 0 N–H and O–H groups in total. The lowest BCUT2D eigenvalue weighted by molar-refractivity contribution is 0.446. The van der Waals surface area contributed by atoms with Crippen molar-refractivity contribution in [2.75, 3.05) is 0 Å². The van der Waals surface area contributed by atoms with Gasteiger partial charge >= 0.3 is 0 Å². The molecular formula is C28H38N4Si2. The standard InChI is InChI=1S/C28H38N4Si2/c1-33(2,3)31(23-27-13-9-7-10-14-27)29-21-25-17-19-26(20-18-25)22-30-32(34(4,5)6)24-28-15-11-8-12-16-28/h7-22H,23-24H2,1-6H3. The van der Waals surface area contributed by atoms with E-state index in [0.717, 1.165) is 24.2 Å². The molecular weight excluding hydrogens is 449 g/mol. The van der Waals surface area contributed by atoms with Gasteiger partial charge in [0.2, 0.25) is 0 Å². The Balaban J connectivity index is 1.69. The third kappa shape index (κ3) is 8.11. The van der Waals surface area contributed by atoms with E-state index in [2.05, 4.69) is 134 Å². The van der Waals surface area contributed by atoms with E-state index in [-0.39, 0.29) is 0 Å². The first-order valence-electron chi connectivity index (χ1n) is 11.9. The van der Waals surface area contributed by atoms with Crippen LogP contribution < -0.4 is 0 Å². The van der Waals surface area contributed by atoms with Crippen LogP contribution in [-0.2, 0) is 13.1 Å². The summed E-state index contributed by atoms with van der Waals surface area (Å²) >= 11 is 0. The van der Waals surface area contributed by atoms with E-state index in [1.807, 2.05) is 12.4 Å². The van der Waals surface area contributed by atoms with Crippen molar-refractivity contribution in [3.8, 4) is 0 Å². The molecule has 0 aromatic heterocycles. The molecule has 3 aromatic rings. The number of hydrogen-bond acceptors (Lipinski definition) is 4. The normalized spacial score (nSPS) is 12.4. The van der Waals surface area contributed by atoms with Gasteiger partial charge in [-0.05, 0) is 22.3 Å². The van der Waals surface area contributed by atoms with Crippen molar-refractivity contribution in [2.45, 2.75) is 52.4 Å². The fourth-order valence-corrected chi connectivity index (χ4v) is 5.48. The predicted octanol–water partition coefficient (Wildman–Crippen LogP) is 7.03. The number of hydrazone groups is 2. The van der Waals surface area contributed by atoms with Crippen LogP contribution in [0.15, 0.2) is 95.1 Å². The van der Waals surface area contributed by atoms with E-state index >= 15 is 0 Å². The summed E-state index contributed by atoms with van der Waals surface area (Å²) in [6.45, 7) is 15.6. The minimum atomic E-state index is -1.60. The smallest absolute Gasteiger partial charge is 0.169 e. The lowest BCUT2D eigenvalue weighted by atomic mass is 10.2. The fourth-order valence-electron chi connectivity index (χ4n) is 3.36. The molecule has 0 aliphatic carbocycles. The summed E-state index contributed by atoms with van der Waals surface area (Å²) in [5.74, 6) is 0. The second-order valence-electron chi connectivity index (χ2n) is 10.6. The highest BCUT2D eigenvalue weighted by molar-refractivity contribution is 6.73. The Labute approximate surface area is 207 Å². The van der Waals surface area contributed by atoms with E-state index in [9.17, 15) is 0 Å². The highest BCUT2D eigenvalue weighted by Crippen LogP contribution is 2.17. The number of nitrogens with zero attached hydrogens (tertiary/aromatic N) is 4. The van der Waals surface area contributed by atoms with Crippen molar-refractivity contribution in [1.29, 1.82) is 0 Å². The van der Waals surface area contributed by atoms with Crippen LogP contribution in [-0.4, -0.2) is 38.2 Å². The maximum atomic E-state index is 4.88. The highest BCUT2D eigenvalue weighted by atomic mass is 28.3. The van der Waals surface area contributed by atoms with Gasteiger partial charge in [0.15, 0.2) is 16.5 Å². The Morgan fingerprint density at radius 2 is 0.853 bits per heavy atom. The zero-order valence-electron chi connectivity index (χ0n) is 21.4. The van der Waals surface area contributed by atoms with Crippen molar-refractivity contribution in [3.05, 3.63) is 107 Å². The second-order valence-corrected chi connectivity index (χ2v) is 20.3. The van der Waals surface area contributed by atoms with Crippen LogP contribution in [0.5, 0.6) is 0 Å². The third-order valence-corrected chi connectivity index (χ3v) is 9.17. The largest absolute Gasteiger partial charge is 0.320 e. The van der Waals surface area contributed by atoms with E-state index in [0.29, 0.717) is 0 Å². The van der Waals surface area contributed by atoms with Crippen LogP contribution in [0.4, 0.5) is 0 Å². The lowest BCUT2D eigenvalue weighted by Gasteiger charge is -2.31. The van der Waals surface area contributed by atoms with E-state index in [1.165, 1.54) is 11.1 Å². The van der Waals surface area contributed by atoms with Crippen molar-refractivity contribution in [1.82, 2.24) is 9.35 Å². The van der Waals surface area contributed by atoms with Gasteiger partial charge in [0.25, 0.3) is 0 Å².